The van der Waals surface area contributed by atoms with Crippen molar-refractivity contribution in [3.8, 4) is 0 Å². The molecule has 0 aromatic rings. The molecule has 3 nitrogen and oxygen atoms in total. The quantitative estimate of drug-likeness (QED) is 0.799. The molecule has 20 heavy (non-hydrogen) atoms. The van der Waals surface area contributed by atoms with Crippen LogP contribution in [0.2, 0.25) is 0 Å². The normalized spacial score (nSPS) is 34.4. The van der Waals surface area contributed by atoms with Gasteiger partial charge in [0.05, 0.1) is 0 Å². The second-order valence-corrected chi connectivity index (χ2v) is 7.51. The molecule has 0 radical (unpaired) electrons. The van der Waals surface area contributed by atoms with Crippen molar-refractivity contribution in [3.05, 3.63) is 0 Å². The van der Waals surface area contributed by atoms with E-state index in [0.717, 1.165) is 24.4 Å². The molecule has 1 heterocycles. The first-order valence-corrected chi connectivity index (χ1v) is 8.68. The van der Waals surface area contributed by atoms with Gasteiger partial charge in [-0.25, -0.2) is 0 Å². The molecule has 0 aromatic carbocycles. The van der Waals surface area contributed by atoms with Crippen LogP contribution in [0, 0.1) is 11.8 Å². The van der Waals surface area contributed by atoms with Gasteiger partial charge < -0.3 is 10.2 Å². The minimum Gasteiger partial charge on any atom is -0.312 e. The van der Waals surface area contributed by atoms with Crippen LogP contribution in [0.4, 0.5) is 0 Å². The molecule has 2 aliphatic rings. The summed E-state index contributed by atoms with van der Waals surface area (Å²) in [5.41, 5.74) is 0. The second-order valence-electron chi connectivity index (χ2n) is 7.51. The summed E-state index contributed by atoms with van der Waals surface area (Å²) in [5.74, 6) is 1.83. The van der Waals surface area contributed by atoms with Gasteiger partial charge in [0.25, 0.3) is 0 Å². The maximum absolute atomic E-state index is 3.87. The molecule has 2 rings (SSSR count). The first kappa shape index (κ1) is 16.3. The Hall–Kier alpha value is -0.120. The molecule has 0 amide bonds. The monoisotopic (exact) mass is 281 g/mol. The first-order chi connectivity index (χ1) is 9.56. The van der Waals surface area contributed by atoms with E-state index in [1.54, 1.807) is 0 Å². The topological polar surface area (TPSA) is 18.5 Å². The van der Waals surface area contributed by atoms with Gasteiger partial charge in [-0.15, -0.1) is 0 Å². The Bertz CT molecular complexity index is 279. The summed E-state index contributed by atoms with van der Waals surface area (Å²) >= 11 is 0. The maximum atomic E-state index is 3.87. The molecule has 1 aliphatic heterocycles. The van der Waals surface area contributed by atoms with E-state index in [1.165, 1.54) is 51.7 Å². The Morgan fingerprint density at radius 1 is 1.05 bits per heavy atom. The molecule has 0 aromatic heterocycles. The molecule has 1 saturated carbocycles. The van der Waals surface area contributed by atoms with Crippen LogP contribution in [0.15, 0.2) is 0 Å². The molecule has 0 spiro atoms. The van der Waals surface area contributed by atoms with Crippen molar-refractivity contribution in [3.63, 3.8) is 0 Å². The second kappa shape index (κ2) is 7.77. The molecule has 2 fully saturated rings. The Morgan fingerprint density at radius 3 is 2.60 bits per heavy atom. The molecular formula is C17H35N3. The smallest absolute Gasteiger partial charge is 0.0345 e. The highest BCUT2D eigenvalue weighted by atomic mass is 15.3. The number of hydrogen-bond acceptors (Lipinski definition) is 3. The highest BCUT2D eigenvalue weighted by Gasteiger charge is 2.24. The van der Waals surface area contributed by atoms with E-state index in [9.17, 15) is 0 Å². The van der Waals surface area contributed by atoms with E-state index in [2.05, 4.69) is 43.1 Å². The van der Waals surface area contributed by atoms with Crippen molar-refractivity contribution in [1.29, 1.82) is 0 Å². The van der Waals surface area contributed by atoms with E-state index in [1.807, 2.05) is 0 Å². The lowest BCUT2D eigenvalue weighted by molar-refractivity contribution is 0.111. The molecule has 118 valence electrons. The van der Waals surface area contributed by atoms with Crippen molar-refractivity contribution >= 4 is 0 Å². The van der Waals surface area contributed by atoms with Gasteiger partial charge in [-0.3, -0.25) is 4.90 Å². The van der Waals surface area contributed by atoms with Crippen LogP contribution >= 0.6 is 0 Å². The maximum Gasteiger partial charge on any atom is 0.0345 e. The zero-order valence-electron chi connectivity index (χ0n) is 14.1. The van der Waals surface area contributed by atoms with Gasteiger partial charge in [0.15, 0.2) is 0 Å². The number of rotatable bonds is 4. The standard InChI is InChI=1S/C17H35N3/c1-14(2)15-6-5-7-16(9-8-15)18-12-17-13-19(3)10-11-20(17)4/h14-18H,5-13H2,1-4H3. The summed E-state index contributed by atoms with van der Waals surface area (Å²) in [6.07, 6.45) is 7.06. The van der Waals surface area contributed by atoms with E-state index in [0.29, 0.717) is 6.04 Å². The van der Waals surface area contributed by atoms with Crippen molar-refractivity contribution < 1.29 is 0 Å². The van der Waals surface area contributed by atoms with Crippen molar-refractivity contribution in [2.24, 2.45) is 11.8 Å². The zero-order valence-corrected chi connectivity index (χ0v) is 14.1. The molecule has 1 aliphatic carbocycles. The number of piperazine rings is 1. The SMILES string of the molecule is CC(C)C1CCCC(NCC2CN(C)CCN2C)CC1. The van der Waals surface area contributed by atoms with Gasteiger partial charge >= 0.3 is 0 Å². The summed E-state index contributed by atoms with van der Waals surface area (Å²) in [5, 5.41) is 3.87. The molecule has 3 unspecified atom stereocenters. The molecule has 3 atom stereocenters. The van der Waals surface area contributed by atoms with E-state index in [4.69, 9.17) is 0 Å². The van der Waals surface area contributed by atoms with Gasteiger partial charge in [0, 0.05) is 38.3 Å². The molecule has 0 bridgehead atoms. The van der Waals surface area contributed by atoms with Gasteiger partial charge in [-0.05, 0) is 45.2 Å². The van der Waals surface area contributed by atoms with Crippen molar-refractivity contribution in [2.75, 3.05) is 40.3 Å². The van der Waals surface area contributed by atoms with Crippen molar-refractivity contribution in [2.45, 2.75) is 58.0 Å². The molecular weight excluding hydrogens is 246 g/mol. The van der Waals surface area contributed by atoms with Gasteiger partial charge in [-0.1, -0.05) is 26.7 Å². The molecule has 1 N–H and O–H groups in total. The predicted molar refractivity (Wildman–Crippen MR) is 87.1 cm³/mol. The minimum atomic E-state index is 0.692. The minimum absolute atomic E-state index is 0.692. The van der Waals surface area contributed by atoms with Crippen LogP contribution in [0.1, 0.15) is 46.0 Å². The lowest BCUT2D eigenvalue weighted by Gasteiger charge is -2.38. The molecule has 1 saturated heterocycles. The Morgan fingerprint density at radius 2 is 1.85 bits per heavy atom. The fourth-order valence-electron chi connectivity index (χ4n) is 3.83. The van der Waals surface area contributed by atoms with Gasteiger partial charge in [-0.2, -0.15) is 0 Å². The number of likely N-dealkylation sites (N-methyl/N-ethyl adjacent to an activating group) is 2. The number of hydrogen-bond donors (Lipinski definition) is 1. The third-order valence-corrected chi connectivity index (χ3v) is 5.58. The van der Waals surface area contributed by atoms with Crippen LogP contribution in [-0.2, 0) is 0 Å². The average Bonchev–Trinajstić information content (AvgIpc) is 2.65. The Kier molecular flexibility index (Phi) is 6.31. The summed E-state index contributed by atoms with van der Waals surface area (Å²) in [4.78, 5) is 4.99. The summed E-state index contributed by atoms with van der Waals surface area (Å²) < 4.78 is 0. The fourth-order valence-corrected chi connectivity index (χ4v) is 3.83. The lowest BCUT2D eigenvalue weighted by Crippen LogP contribution is -2.54. The van der Waals surface area contributed by atoms with Crippen LogP contribution in [0.3, 0.4) is 0 Å². The average molecular weight is 281 g/mol. The summed E-state index contributed by atoms with van der Waals surface area (Å²) in [6, 6.07) is 1.46. The van der Waals surface area contributed by atoms with Crippen molar-refractivity contribution in [1.82, 2.24) is 15.1 Å². The van der Waals surface area contributed by atoms with E-state index >= 15 is 0 Å². The van der Waals surface area contributed by atoms with Gasteiger partial charge in [0.1, 0.15) is 0 Å². The third-order valence-electron chi connectivity index (χ3n) is 5.58. The van der Waals surface area contributed by atoms with Crippen LogP contribution < -0.4 is 5.32 Å². The largest absolute Gasteiger partial charge is 0.312 e. The van der Waals surface area contributed by atoms with E-state index in [-0.39, 0.29) is 0 Å². The summed E-state index contributed by atoms with van der Waals surface area (Å²) in [6.45, 7) is 9.59. The van der Waals surface area contributed by atoms with Gasteiger partial charge in [0.2, 0.25) is 0 Å². The first-order valence-electron chi connectivity index (χ1n) is 8.68. The predicted octanol–water partition coefficient (Wildman–Crippen LogP) is 2.43. The zero-order chi connectivity index (χ0) is 14.5. The summed E-state index contributed by atoms with van der Waals surface area (Å²) in [7, 11) is 4.53. The van der Waals surface area contributed by atoms with E-state index < -0.39 is 0 Å². The Labute approximate surface area is 126 Å². The Balaban J connectivity index is 1.73. The molecule has 3 heteroatoms. The highest BCUT2D eigenvalue weighted by Crippen LogP contribution is 2.28. The fraction of sp³-hybridized carbons (Fsp3) is 1.00. The lowest BCUT2D eigenvalue weighted by atomic mass is 9.89. The third kappa shape index (κ3) is 4.71. The van der Waals surface area contributed by atoms with Crippen LogP contribution in [0.25, 0.3) is 0 Å². The highest BCUT2D eigenvalue weighted by molar-refractivity contribution is 4.83. The number of nitrogens with one attached hydrogen (secondary N) is 1. The van der Waals surface area contributed by atoms with Crippen LogP contribution in [-0.4, -0.2) is 62.2 Å². The number of nitrogens with zero attached hydrogens (tertiary/aromatic N) is 2. The van der Waals surface area contributed by atoms with Crippen LogP contribution in [0.5, 0.6) is 0 Å².